The van der Waals surface area contributed by atoms with Gasteiger partial charge in [0.05, 0.1) is 30.5 Å². The maximum absolute atomic E-state index is 12.9. The van der Waals surface area contributed by atoms with Crippen molar-refractivity contribution in [2.24, 2.45) is 0 Å². The number of halogens is 1. The molecule has 4 rings (SSSR count). The van der Waals surface area contributed by atoms with E-state index in [-0.39, 0.29) is 23.2 Å². The summed E-state index contributed by atoms with van der Waals surface area (Å²) in [4.78, 5) is 30.9. The highest BCUT2D eigenvalue weighted by Gasteiger charge is 2.30. The number of amides is 2. The molecule has 1 aliphatic carbocycles. The summed E-state index contributed by atoms with van der Waals surface area (Å²) in [5, 5.41) is 16.1. The number of carbonyl (C=O) groups excluding carboxylic acids is 2. The molecule has 1 aromatic heterocycles. The second-order valence-corrected chi connectivity index (χ2v) is 9.58. The molecule has 0 saturated carbocycles. The summed E-state index contributed by atoms with van der Waals surface area (Å²) in [6.07, 6.45) is 6.03. The van der Waals surface area contributed by atoms with Crippen LogP contribution in [0.3, 0.4) is 0 Å². The third kappa shape index (κ3) is 4.91. The number of morpholine rings is 1. The smallest absolute Gasteiger partial charge is 0.256 e. The Morgan fingerprint density at radius 2 is 2.16 bits per heavy atom. The number of rotatable bonds is 6. The number of alkyl halides is 1. The van der Waals surface area contributed by atoms with Gasteiger partial charge in [0.2, 0.25) is 0 Å². The quantitative estimate of drug-likeness (QED) is 0.347. The van der Waals surface area contributed by atoms with Gasteiger partial charge in [-0.3, -0.25) is 14.5 Å². The van der Waals surface area contributed by atoms with Crippen LogP contribution in [0.5, 0.6) is 0 Å². The first kappa shape index (κ1) is 23.0. The molecule has 0 bridgehead atoms. The average molecular weight is 505 g/mol. The van der Waals surface area contributed by atoms with E-state index in [1.54, 1.807) is 6.08 Å². The molecule has 2 unspecified atom stereocenters. The Labute approximate surface area is 195 Å². The van der Waals surface area contributed by atoms with Crippen LogP contribution in [0.1, 0.15) is 33.7 Å². The number of aryl methyl sites for hydroxylation is 1. The first-order chi connectivity index (χ1) is 15.3. The number of allylic oxidation sites excluding steroid dienone is 3. The Balaban J connectivity index is 1.46. The van der Waals surface area contributed by atoms with E-state index in [1.165, 1.54) is 0 Å². The zero-order chi connectivity index (χ0) is 22.8. The number of aliphatic hydroxyl groups is 1. The van der Waals surface area contributed by atoms with Crippen LogP contribution >= 0.6 is 15.9 Å². The van der Waals surface area contributed by atoms with E-state index in [4.69, 9.17) is 4.74 Å². The zero-order valence-electron chi connectivity index (χ0n) is 18.3. The number of nitrogens with one attached hydrogen (secondary N) is 3. The number of aromatic amines is 1. The number of H-pyrrole nitrogens is 1. The van der Waals surface area contributed by atoms with Gasteiger partial charge in [-0.25, -0.2) is 0 Å². The van der Waals surface area contributed by atoms with Crippen molar-refractivity contribution >= 4 is 33.8 Å². The lowest BCUT2D eigenvalue weighted by Gasteiger charge is -2.28. The van der Waals surface area contributed by atoms with Crippen LogP contribution in [0.4, 0.5) is 0 Å². The number of hydrogen-bond donors (Lipinski definition) is 4. The summed E-state index contributed by atoms with van der Waals surface area (Å²) >= 11 is 3.59. The summed E-state index contributed by atoms with van der Waals surface area (Å²) in [7, 11) is 0. The molecule has 0 spiro atoms. The van der Waals surface area contributed by atoms with Gasteiger partial charge in [0, 0.05) is 53.7 Å². The Morgan fingerprint density at radius 1 is 1.41 bits per heavy atom. The maximum atomic E-state index is 12.9. The predicted molar refractivity (Wildman–Crippen MR) is 125 cm³/mol. The topological polar surface area (TPSA) is 107 Å². The van der Waals surface area contributed by atoms with Crippen LogP contribution < -0.4 is 10.6 Å². The molecule has 2 aliphatic heterocycles. The van der Waals surface area contributed by atoms with Crippen LogP contribution in [0.2, 0.25) is 0 Å². The Bertz CT molecular complexity index is 1000. The van der Waals surface area contributed by atoms with Crippen LogP contribution in [0.25, 0.3) is 6.08 Å². The largest absolute Gasteiger partial charge is 0.390 e. The van der Waals surface area contributed by atoms with Gasteiger partial charge < -0.3 is 25.5 Å². The number of β-amino-alcohol motifs (C(OH)–C–C–N with tert-alkyl or cyclic N) is 1. The number of aromatic nitrogens is 1. The highest BCUT2D eigenvalue weighted by atomic mass is 79.9. The molecule has 172 valence electrons. The first-order valence-electron chi connectivity index (χ1n) is 10.9. The lowest BCUT2D eigenvalue weighted by atomic mass is 9.98. The van der Waals surface area contributed by atoms with Crippen molar-refractivity contribution < 1.29 is 19.4 Å². The van der Waals surface area contributed by atoms with E-state index in [9.17, 15) is 14.7 Å². The molecule has 8 nitrogen and oxygen atoms in total. The number of fused-ring (bicyclic) bond motifs is 1. The number of ether oxygens (including phenoxy) is 1. The highest BCUT2D eigenvalue weighted by molar-refractivity contribution is 9.09. The fraction of sp³-hybridized carbons (Fsp3) is 0.478. The van der Waals surface area contributed by atoms with Crippen LogP contribution in [-0.4, -0.2) is 77.1 Å². The van der Waals surface area contributed by atoms with E-state index in [0.717, 1.165) is 47.7 Å². The van der Waals surface area contributed by atoms with Crippen molar-refractivity contribution in [3.8, 4) is 0 Å². The second kappa shape index (κ2) is 9.74. The summed E-state index contributed by atoms with van der Waals surface area (Å²) < 4.78 is 5.32. The van der Waals surface area contributed by atoms with Gasteiger partial charge in [0.1, 0.15) is 0 Å². The lowest BCUT2D eigenvalue weighted by molar-refractivity contribution is -0.115. The summed E-state index contributed by atoms with van der Waals surface area (Å²) in [6, 6.07) is 0. The zero-order valence-corrected chi connectivity index (χ0v) is 19.9. The molecule has 0 radical (unpaired) electrons. The SMILES string of the molecule is Cc1[nH]c(C=C2C(=O)NC3=CCC(Br)C=C32)c(C)c1C(=O)NCC(O)CN1CCOCC1. The first-order valence-corrected chi connectivity index (χ1v) is 11.8. The van der Waals surface area contributed by atoms with Crippen molar-refractivity contribution in [1.29, 1.82) is 0 Å². The minimum atomic E-state index is -0.652. The molecule has 3 heterocycles. The molecule has 32 heavy (non-hydrogen) atoms. The molecular formula is C23H29BrN4O4. The Morgan fingerprint density at radius 3 is 2.91 bits per heavy atom. The molecule has 0 aromatic carbocycles. The van der Waals surface area contributed by atoms with Gasteiger partial charge in [-0.2, -0.15) is 0 Å². The fourth-order valence-corrected chi connectivity index (χ4v) is 4.79. The van der Waals surface area contributed by atoms with Crippen LogP contribution in [0, 0.1) is 13.8 Å². The van der Waals surface area contributed by atoms with Crippen LogP contribution in [-0.2, 0) is 9.53 Å². The predicted octanol–water partition coefficient (Wildman–Crippen LogP) is 1.55. The molecule has 4 N–H and O–H groups in total. The molecule has 2 amide bonds. The minimum Gasteiger partial charge on any atom is -0.390 e. The molecule has 3 aliphatic rings. The molecule has 2 fully saturated rings. The highest BCUT2D eigenvalue weighted by Crippen LogP contribution is 2.33. The van der Waals surface area contributed by atoms with Gasteiger partial charge in [0.15, 0.2) is 0 Å². The standard InChI is InChI=1S/C23H29BrN4O4/c1-13-20(10-18-17-9-15(24)3-4-19(17)27-22(18)30)26-14(2)21(13)23(31)25-11-16(29)12-28-5-7-32-8-6-28/h4,9-10,15-16,26,29H,3,5-8,11-12H2,1-2H3,(H,25,31)(H,27,30). The van der Waals surface area contributed by atoms with E-state index >= 15 is 0 Å². The van der Waals surface area contributed by atoms with Crippen molar-refractivity contribution in [3.05, 3.63) is 51.5 Å². The lowest BCUT2D eigenvalue weighted by Crippen LogP contribution is -2.44. The van der Waals surface area contributed by atoms with E-state index in [1.807, 2.05) is 26.0 Å². The number of hydrogen-bond acceptors (Lipinski definition) is 5. The van der Waals surface area contributed by atoms with Crippen molar-refractivity contribution in [2.75, 3.05) is 39.4 Å². The fourth-order valence-electron chi connectivity index (χ4n) is 4.34. The number of nitrogens with zero attached hydrogens (tertiary/aromatic N) is 1. The van der Waals surface area contributed by atoms with Gasteiger partial charge >= 0.3 is 0 Å². The van der Waals surface area contributed by atoms with Crippen molar-refractivity contribution in [2.45, 2.75) is 31.2 Å². The van der Waals surface area contributed by atoms with Crippen LogP contribution in [0.15, 0.2) is 29.0 Å². The minimum absolute atomic E-state index is 0.145. The third-order valence-electron chi connectivity index (χ3n) is 6.03. The van der Waals surface area contributed by atoms with E-state index < -0.39 is 6.10 Å². The van der Waals surface area contributed by atoms with Gasteiger partial charge in [-0.15, -0.1) is 0 Å². The monoisotopic (exact) mass is 504 g/mol. The molecule has 9 heteroatoms. The molecule has 2 atom stereocenters. The summed E-state index contributed by atoms with van der Waals surface area (Å²) in [5.41, 5.74) is 5.06. The molecular weight excluding hydrogens is 476 g/mol. The number of aliphatic hydroxyl groups excluding tert-OH is 1. The Kier molecular flexibility index (Phi) is 6.99. The van der Waals surface area contributed by atoms with Crippen molar-refractivity contribution in [1.82, 2.24) is 20.5 Å². The summed E-state index contributed by atoms with van der Waals surface area (Å²) in [6.45, 7) is 7.28. The Hall–Kier alpha value is -2.20. The van der Waals surface area contributed by atoms with Crippen molar-refractivity contribution in [3.63, 3.8) is 0 Å². The average Bonchev–Trinajstić information content (AvgIpc) is 3.22. The van der Waals surface area contributed by atoms with Gasteiger partial charge in [-0.1, -0.05) is 28.1 Å². The normalized spacial score (nSPS) is 23.4. The second-order valence-electron chi connectivity index (χ2n) is 8.40. The van der Waals surface area contributed by atoms with E-state index in [0.29, 0.717) is 30.9 Å². The van der Waals surface area contributed by atoms with Gasteiger partial charge in [-0.05, 0) is 31.9 Å². The maximum Gasteiger partial charge on any atom is 0.256 e. The third-order valence-corrected chi connectivity index (χ3v) is 6.67. The van der Waals surface area contributed by atoms with E-state index in [2.05, 4.69) is 36.4 Å². The van der Waals surface area contributed by atoms with Gasteiger partial charge in [0.25, 0.3) is 11.8 Å². The summed E-state index contributed by atoms with van der Waals surface area (Å²) in [5.74, 6) is -0.385. The molecule has 1 aromatic rings. The number of carbonyl (C=O) groups is 2. The molecule has 2 saturated heterocycles.